The Labute approximate surface area is 111 Å². The topological polar surface area (TPSA) is 71.8 Å². The first-order valence-corrected chi connectivity index (χ1v) is 6.19. The van der Waals surface area contributed by atoms with E-state index in [1.54, 1.807) is 42.5 Å². The van der Waals surface area contributed by atoms with E-state index in [-0.39, 0.29) is 5.91 Å². The van der Waals surface area contributed by atoms with Crippen molar-refractivity contribution in [1.29, 1.82) is 0 Å². The third-order valence-electron chi connectivity index (χ3n) is 2.69. The van der Waals surface area contributed by atoms with Gasteiger partial charge in [-0.25, -0.2) is 0 Å². The van der Waals surface area contributed by atoms with Gasteiger partial charge >= 0.3 is 0 Å². The van der Waals surface area contributed by atoms with Gasteiger partial charge in [0.1, 0.15) is 5.82 Å². The Kier molecular flexibility index (Phi) is 4.12. The molecule has 0 radical (unpaired) electrons. The number of aromatic nitrogens is 3. The van der Waals surface area contributed by atoms with Crippen molar-refractivity contribution in [3.8, 4) is 0 Å². The van der Waals surface area contributed by atoms with E-state index in [9.17, 15) is 4.79 Å². The van der Waals surface area contributed by atoms with E-state index in [4.69, 9.17) is 0 Å². The predicted molar refractivity (Wildman–Crippen MR) is 74.2 cm³/mol. The van der Waals surface area contributed by atoms with Gasteiger partial charge in [0.05, 0.1) is 17.4 Å². The van der Waals surface area contributed by atoms with Crippen LogP contribution in [0.3, 0.4) is 0 Å². The Bertz CT molecular complexity index is 564. The van der Waals surface area contributed by atoms with Crippen LogP contribution in [0.15, 0.2) is 30.7 Å². The van der Waals surface area contributed by atoms with Crippen LogP contribution >= 0.6 is 0 Å². The van der Waals surface area contributed by atoms with E-state index < -0.39 is 0 Å². The molecule has 1 amide bonds. The van der Waals surface area contributed by atoms with Gasteiger partial charge in [-0.3, -0.25) is 14.5 Å². The minimum absolute atomic E-state index is 0.199. The van der Waals surface area contributed by atoms with Crippen LogP contribution in [-0.4, -0.2) is 27.2 Å². The average molecular weight is 259 g/mol. The molecule has 0 unspecified atom stereocenters. The number of anilines is 2. The summed E-state index contributed by atoms with van der Waals surface area (Å²) in [7, 11) is 1.77. The third kappa shape index (κ3) is 3.09. The van der Waals surface area contributed by atoms with Crippen LogP contribution in [0.5, 0.6) is 0 Å². The maximum absolute atomic E-state index is 12.2. The molecule has 0 aliphatic heterocycles. The predicted octanol–water partition coefficient (Wildman–Crippen LogP) is 1.89. The maximum atomic E-state index is 12.2. The van der Waals surface area contributed by atoms with E-state index >= 15 is 0 Å². The number of aryl methyl sites for hydroxylation is 1. The fourth-order valence-electron chi connectivity index (χ4n) is 1.67. The summed E-state index contributed by atoms with van der Waals surface area (Å²) in [4.78, 5) is 16.2. The minimum atomic E-state index is -0.199. The zero-order chi connectivity index (χ0) is 13.7. The van der Waals surface area contributed by atoms with Crippen molar-refractivity contribution >= 4 is 17.4 Å². The molecule has 100 valence electrons. The van der Waals surface area contributed by atoms with Crippen LogP contribution in [0.2, 0.25) is 0 Å². The van der Waals surface area contributed by atoms with Crippen LogP contribution in [0.25, 0.3) is 0 Å². The SMILES string of the molecule is CCCNc1ccncc1C(=O)Nc1ccnn1C. The summed E-state index contributed by atoms with van der Waals surface area (Å²) in [6, 6.07) is 3.54. The molecule has 0 saturated heterocycles. The standard InChI is InChI=1S/C13H17N5O/c1-3-6-15-11-4-7-14-9-10(11)13(19)17-12-5-8-16-18(12)2/h4-5,7-9H,3,6H2,1-2H3,(H,14,15)(H,17,19). The highest BCUT2D eigenvalue weighted by atomic mass is 16.1. The number of nitrogens with zero attached hydrogens (tertiary/aromatic N) is 3. The second-order valence-electron chi connectivity index (χ2n) is 4.14. The van der Waals surface area contributed by atoms with Gasteiger partial charge < -0.3 is 10.6 Å². The van der Waals surface area contributed by atoms with Gasteiger partial charge in [0.25, 0.3) is 5.91 Å². The molecule has 0 fully saturated rings. The zero-order valence-corrected chi connectivity index (χ0v) is 11.1. The van der Waals surface area contributed by atoms with Crippen molar-refractivity contribution in [2.24, 2.45) is 7.05 Å². The average Bonchev–Trinajstić information content (AvgIpc) is 2.82. The molecule has 0 aromatic carbocycles. The highest BCUT2D eigenvalue weighted by Gasteiger charge is 2.12. The molecule has 2 N–H and O–H groups in total. The normalized spacial score (nSPS) is 10.2. The van der Waals surface area contributed by atoms with Crippen LogP contribution in [0, 0.1) is 0 Å². The van der Waals surface area contributed by atoms with Gasteiger partial charge in [-0.1, -0.05) is 6.92 Å². The number of hydrogen-bond donors (Lipinski definition) is 2. The van der Waals surface area contributed by atoms with Crippen molar-refractivity contribution in [2.45, 2.75) is 13.3 Å². The lowest BCUT2D eigenvalue weighted by Gasteiger charge is -2.11. The number of amides is 1. The Balaban J connectivity index is 2.17. The molecular formula is C13H17N5O. The molecule has 2 aromatic rings. The smallest absolute Gasteiger partial charge is 0.260 e. The largest absolute Gasteiger partial charge is 0.384 e. The van der Waals surface area contributed by atoms with E-state index in [1.807, 2.05) is 0 Å². The van der Waals surface area contributed by atoms with E-state index in [0.29, 0.717) is 11.4 Å². The fraction of sp³-hybridized carbons (Fsp3) is 0.308. The van der Waals surface area contributed by atoms with Gasteiger partial charge in [0.2, 0.25) is 0 Å². The molecular weight excluding hydrogens is 242 g/mol. The molecule has 2 heterocycles. The lowest BCUT2D eigenvalue weighted by molar-refractivity contribution is 0.102. The van der Waals surface area contributed by atoms with E-state index in [0.717, 1.165) is 18.7 Å². The Morgan fingerprint density at radius 2 is 2.21 bits per heavy atom. The zero-order valence-electron chi connectivity index (χ0n) is 11.1. The molecule has 0 spiro atoms. The maximum Gasteiger partial charge on any atom is 0.260 e. The molecule has 6 nitrogen and oxygen atoms in total. The van der Waals surface area contributed by atoms with E-state index in [2.05, 4.69) is 27.6 Å². The van der Waals surface area contributed by atoms with Crippen LogP contribution in [-0.2, 0) is 7.05 Å². The Morgan fingerprint density at radius 1 is 1.37 bits per heavy atom. The highest BCUT2D eigenvalue weighted by Crippen LogP contribution is 2.15. The summed E-state index contributed by atoms with van der Waals surface area (Å²) >= 11 is 0. The number of carbonyl (C=O) groups excluding carboxylic acids is 1. The first kappa shape index (κ1) is 13.1. The van der Waals surface area contributed by atoms with Gasteiger partial charge in [0.15, 0.2) is 0 Å². The van der Waals surface area contributed by atoms with Crippen molar-refractivity contribution in [3.05, 3.63) is 36.3 Å². The van der Waals surface area contributed by atoms with Crippen molar-refractivity contribution in [1.82, 2.24) is 14.8 Å². The summed E-state index contributed by atoms with van der Waals surface area (Å²) in [6.45, 7) is 2.89. The first-order chi connectivity index (χ1) is 9.22. The summed E-state index contributed by atoms with van der Waals surface area (Å²) in [5.41, 5.74) is 1.31. The summed E-state index contributed by atoms with van der Waals surface area (Å²) < 4.78 is 1.60. The summed E-state index contributed by atoms with van der Waals surface area (Å²) in [5.74, 6) is 0.450. The van der Waals surface area contributed by atoms with Crippen LogP contribution < -0.4 is 10.6 Å². The van der Waals surface area contributed by atoms with Crippen LogP contribution in [0.4, 0.5) is 11.5 Å². The second kappa shape index (κ2) is 5.99. The molecule has 19 heavy (non-hydrogen) atoms. The molecule has 0 aliphatic rings. The summed E-state index contributed by atoms with van der Waals surface area (Å²) in [5, 5.41) is 10.0. The van der Waals surface area contributed by atoms with Gasteiger partial charge in [-0.15, -0.1) is 0 Å². The molecule has 0 atom stereocenters. The lowest BCUT2D eigenvalue weighted by atomic mass is 10.2. The summed E-state index contributed by atoms with van der Waals surface area (Å²) in [6.07, 6.45) is 5.85. The molecule has 0 aliphatic carbocycles. The molecule has 0 saturated carbocycles. The lowest BCUT2D eigenvalue weighted by Crippen LogP contribution is -2.17. The Morgan fingerprint density at radius 3 is 2.89 bits per heavy atom. The fourth-order valence-corrected chi connectivity index (χ4v) is 1.67. The Hall–Kier alpha value is -2.37. The number of carbonyl (C=O) groups is 1. The number of pyridine rings is 1. The third-order valence-corrected chi connectivity index (χ3v) is 2.69. The van der Waals surface area contributed by atoms with Gasteiger partial charge in [-0.2, -0.15) is 5.10 Å². The molecule has 6 heteroatoms. The molecule has 2 aromatic heterocycles. The number of hydrogen-bond acceptors (Lipinski definition) is 4. The molecule has 2 rings (SSSR count). The quantitative estimate of drug-likeness (QED) is 0.860. The van der Waals surface area contributed by atoms with E-state index in [1.165, 1.54) is 0 Å². The minimum Gasteiger partial charge on any atom is -0.384 e. The molecule has 0 bridgehead atoms. The van der Waals surface area contributed by atoms with Gasteiger partial charge in [0, 0.05) is 32.1 Å². The monoisotopic (exact) mass is 259 g/mol. The van der Waals surface area contributed by atoms with Crippen molar-refractivity contribution < 1.29 is 4.79 Å². The first-order valence-electron chi connectivity index (χ1n) is 6.19. The number of nitrogens with one attached hydrogen (secondary N) is 2. The van der Waals surface area contributed by atoms with Crippen LogP contribution in [0.1, 0.15) is 23.7 Å². The van der Waals surface area contributed by atoms with Crippen molar-refractivity contribution in [2.75, 3.05) is 17.2 Å². The van der Waals surface area contributed by atoms with Gasteiger partial charge in [-0.05, 0) is 12.5 Å². The number of rotatable bonds is 5. The van der Waals surface area contributed by atoms with Crippen molar-refractivity contribution in [3.63, 3.8) is 0 Å². The second-order valence-corrected chi connectivity index (χ2v) is 4.14. The highest BCUT2D eigenvalue weighted by molar-refractivity contribution is 6.07.